The second-order valence-electron chi connectivity index (χ2n) is 5.09. The van der Waals surface area contributed by atoms with Crippen LogP contribution in [-0.4, -0.2) is 40.9 Å². The monoisotopic (exact) mass is 256 g/mol. The first-order valence-corrected chi connectivity index (χ1v) is 7.45. The van der Waals surface area contributed by atoms with Gasteiger partial charge in [0.1, 0.15) is 6.54 Å². The normalized spacial score (nSPS) is 29.5. The third-order valence-electron chi connectivity index (χ3n) is 3.54. The summed E-state index contributed by atoms with van der Waals surface area (Å²) in [7, 11) is 0. The number of amides is 2. The van der Waals surface area contributed by atoms with Crippen LogP contribution < -0.4 is 5.32 Å². The van der Waals surface area contributed by atoms with Gasteiger partial charge in [-0.25, -0.2) is 0 Å². The van der Waals surface area contributed by atoms with E-state index in [9.17, 15) is 9.59 Å². The summed E-state index contributed by atoms with van der Waals surface area (Å²) in [5, 5.41) is 3.04. The first-order chi connectivity index (χ1) is 8.15. The van der Waals surface area contributed by atoms with Crippen LogP contribution in [0.1, 0.15) is 32.6 Å². The fourth-order valence-electron chi connectivity index (χ4n) is 2.39. The molecule has 4 nitrogen and oxygen atoms in total. The summed E-state index contributed by atoms with van der Waals surface area (Å²) < 4.78 is 0. The number of nitrogens with zero attached hydrogens (tertiary/aromatic N) is 1. The molecule has 2 aliphatic rings. The van der Waals surface area contributed by atoms with Crippen LogP contribution in [-0.2, 0) is 9.59 Å². The number of thioether (sulfide) groups is 1. The Morgan fingerprint density at radius 3 is 2.71 bits per heavy atom. The number of hydrogen-bond acceptors (Lipinski definition) is 3. The minimum atomic E-state index is 0.000373. The number of carbonyl (C=O) groups excluding carboxylic acids is 2. The molecule has 5 heteroatoms. The van der Waals surface area contributed by atoms with E-state index in [2.05, 4.69) is 12.2 Å². The first-order valence-electron chi connectivity index (χ1n) is 6.30. The lowest BCUT2D eigenvalue weighted by molar-refractivity contribution is -0.132. The number of rotatable bonds is 3. The summed E-state index contributed by atoms with van der Waals surface area (Å²) in [6, 6.07) is 0.323. The Kier molecular flexibility index (Phi) is 4.31. The van der Waals surface area contributed by atoms with Gasteiger partial charge in [-0.2, -0.15) is 0 Å². The molecule has 0 aromatic rings. The predicted octanol–water partition coefficient (Wildman–Crippen LogP) is 1.21. The molecule has 0 bridgehead atoms. The summed E-state index contributed by atoms with van der Waals surface area (Å²) >= 11 is 1.58. The van der Waals surface area contributed by atoms with E-state index in [0.717, 1.165) is 18.8 Å². The lowest BCUT2D eigenvalue weighted by atomic mass is 9.87. The molecular weight excluding hydrogens is 236 g/mol. The molecule has 0 atom stereocenters. The maximum Gasteiger partial charge on any atom is 0.239 e. The highest BCUT2D eigenvalue weighted by molar-refractivity contribution is 8.00. The van der Waals surface area contributed by atoms with E-state index < -0.39 is 0 Å². The lowest BCUT2D eigenvalue weighted by Crippen LogP contribution is -2.43. The third-order valence-corrected chi connectivity index (χ3v) is 4.49. The standard InChI is InChI=1S/C12H20N2O2S/c1-9-2-4-10(5-3-9)13-11(15)6-14-8-17-7-12(14)16/h9-10H,2-8H2,1H3,(H,13,15). The van der Waals surface area contributed by atoms with E-state index in [0.29, 0.717) is 17.7 Å². The average Bonchev–Trinajstić information content (AvgIpc) is 2.68. The quantitative estimate of drug-likeness (QED) is 0.826. The minimum Gasteiger partial charge on any atom is -0.352 e. The van der Waals surface area contributed by atoms with Gasteiger partial charge in [0, 0.05) is 6.04 Å². The van der Waals surface area contributed by atoms with Gasteiger partial charge in [-0.05, 0) is 31.6 Å². The number of carbonyl (C=O) groups is 2. The van der Waals surface area contributed by atoms with Gasteiger partial charge in [0.25, 0.3) is 0 Å². The van der Waals surface area contributed by atoms with Crippen molar-refractivity contribution in [2.45, 2.75) is 38.6 Å². The molecule has 2 fully saturated rings. The molecule has 2 amide bonds. The largest absolute Gasteiger partial charge is 0.352 e. The zero-order chi connectivity index (χ0) is 12.3. The van der Waals surface area contributed by atoms with Crippen molar-refractivity contribution in [3.63, 3.8) is 0 Å². The fourth-order valence-corrected chi connectivity index (χ4v) is 3.30. The van der Waals surface area contributed by atoms with Gasteiger partial charge in [-0.15, -0.1) is 11.8 Å². The van der Waals surface area contributed by atoms with Gasteiger partial charge in [-0.1, -0.05) is 6.92 Å². The zero-order valence-electron chi connectivity index (χ0n) is 10.3. The van der Waals surface area contributed by atoms with E-state index in [1.165, 1.54) is 12.8 Å². The first kappa shape index (κ1) is 12.7. The number of nitrogens with one attached hydrogen (secondary N) is 1. The van der Waals surface area contributed by atoms with E-state index in [4.69, 9.17) is 0 Å². The molecule has 1 heterocycles. The molecule has 0 spiro atoms. The van der Waals surface area contributed by atoms with Crippen molar-refractivity contribution in [3.05, 3.63) is 0 Å². The van der Waals surface area contributed by atoms with Crippen molar-refractivity contribution in [1.82, 2.24) is 10.2 Å². The summed E-state index contributed by atoms with van der Waals surface area (Å²) in [6.45, 7) is 2.50. The van der Waals surface area contributed by atoms with Crippen LogP contribution in [0.15, 0.2) is 0 Å². The maximum atomic E-state index is 11.8. The molecule has 1 saturated heterocycles. The molecular formula is C12H20N2O2S. The number of hydrogen-bond donors (Lipinski definition) is 1. The molecule has 1 N–H and O–H groups in total. The Hall–Kier alpha value is -0.710. The SMILES string of the molecule is CC1CCC(NC(=O)CN2CSCC2=O)CC1. The van der Waals surface area contributed by atoms with Crippen LogP contribution in [0.4, 0.5) is 0 Å². The highest BCUT2D eigenvalue weighted by atomic mass is 32.2. The Balaban J connectivity index is 1.72. The second kappa shape index (κ2) is 5.76. The van der Waals surface area contributed by atoms with Gasteiger partial charge in [-0.3, -0.25) is 9.59 Å². The Morgan fingerprint density at radius 2 is 2.12 bits per heavy atom. The molecule has 0 radical (unpaired) electrons. The fraction of sp³-hybridized carbons (Fsp3) is 0.833. The van der Waals surface area contributed by atoms with Gasteiger partial charge in [0.05, 0.1) is 11.6 Å². The van der Waals surface area contributed by atoms with Gasteiger partial charge in [0.2, 0.25) is 11.8 Å². The minimum absolute atomic E-state index is 0.000373. The van der Waals surface area contributed by atoms with Crippen LogP contribution >= 0.6 is 11.8 Å². The zero-order valence-corrected chi connectivity index (χ0v) is 11.1. The van der Waals surface area contributed by atoms with Gasteiger partial charge < -0.3 is 10.2 Å². The molecule has 17 heavy (non-hydrogen) atoms. The predicted molar refractivity (Wildman–Crippen MR) is 68.6 cm³/mol. The third kappa shape index (κ3) is 3.63. The van der Waals surface area contributed by atoms with E-state index >= 15 is 0 Å². The Labute approximate surface area is 106 Å². The molecule has 1 aliphatic carbocycles. The lowest BCUT2D eigenvalue weighted by Gasteiger charge is -2.27. The molecule has 1 aliphatic heterocycles. The Morgan fingerprint density at radius 1 is 1.41 bits per heavy atom. The summed E-state index contributed by atoms with van der Waals surface area (Å²) in [4.78, 5) is 24.8. The molecule has 0 aromatic carbocycles. The molecule has 0 aromatic heterocycles. The van der Waals surface area contributed by atoms with Crippen LogP contribution in [0.3, 0.4) is 0 Å². The maximum absolute atomic E-state index is 11.8. The Bertz CT molecular complexity index is 301. The van der Waals surface area contributed by atoms with Crippen LogP contribution in [0, 0.1) is 5.92 Å². The van der Waals surface area contributed by atoms with Crippen molar-refractivity contribution >= 4 is 23.6 Å². The van der Waals surface area contributed by atoms with Crippen molar-refractivity contribution in [3.8, 4) is 0 Å². The van der Waals surface area contributed by atoms with Crippen LogP contribution in [0.5, 0.6) is 0 Å². The summed E-state index contributed by atoms with van der Waals surface area (Å²) in [6.07, 6.45) is 4.55. The molecule has 1 saturated carbocycles. The smallest absolute Gasteiger partial charge is 0.239 e. The summed E-state index contributed by atoms with van der Waals surface area (Å²) in [5.41, 5.74) is 0. The van der Waals surface area contributed by atoms with Crippen molar-refractivity contribution < 1.29 is 9.59 Å². The van der Waals surface area contributed by atoms with E-state index in [1.807, 2.05) is 0 Å². The van der Waals surface area contributed by atoms with Gasteiger partial charge >= 0.3 is 0 Å². The van der Waals surface area contributed by atoms with Crippen LogP contribution in [0.25, 0.3) is 0 Å². The van der Waals surface area contributed by atoms with Gasteiger partial charge in [0.15, 0.2) is 0 Å². The van der Waals surface area contributed by atoms with Crippen LogP contribution in [0.2, 0.25) is 0 Å². The summed E-state index contributed by atoms with van der Waals surface area (Å²) in [5.74, 6) is 2.06. The molecule has 2 rings (SSSR count). The van der Waals surface area contributed by atoms with Crippen molar-refractivity contribution in [2.75, 3.05) is 18.2 Å². The highest BCUT2D eigenvalue weighted by Crippen LogP contribution is 2.23. The highest BCUT2D eigenvalue weighted by Gasteiger charge is 2.25. The van der Waals surface area contributed by atoms with Crippen molar-refractivity contribution in [2.24, 2.45) is 5.92 Å². The average molecular weight is 256 g/mol. The van der Waals surface area contributed by atoms with Crippen molar-refractivity contribution in [1.29, 1.82) is 0 Å². The molecule has 96 valence electrons. The van der Waals surface area contributed by atoms with E-state index in [-0.39, 0.29) is 18.4 Å². The topological polar surface area (TPSA) is 49.4 Å². The second-order valence-corrected chi connectivity index (χ2v) is 6.05. The molecule has 0 unspecified atom stereocenters. The van der Waals surface area contributed by atoms with E-state index in [1.54, 1.807) is 16.7 Å².